The maximum Gasteiger partial charge on any atom is 0.339 e. The van der Waals surface area contributed by atoms with Gasteiger partial charge in [-0.2, -0.15) is 0 Å². The van der Waals surface area contributed by atoms with E-state index in [1.807, 2.05) is 12.1 Å². The number of rotatable bonds is 3. The molecular formula is C16H13BrO4S. The summed E-state index contributed by atoms with van der Waals surface area (Å²) in [5, 5.41) is 0. The summed E-state index contributed by atoms with van der Waals surface area (Å²) in [5.74, 6) is -0.335. The van der Waals surface area contributed by atoms with Crippen LogP contribution in [0.15, 0.2) is 53.4 Å². The van der Waals surface area contributed by atoms with E-state index in [1.165, 1.54) is 6.26 Å². The summed E-state index contributed by atoms with van der Waals surface area (Å²) >= 11 is 3.56. The number of benzene rings is 2. The van der Waals surface area contributed by atoms with Crippen LogP contribution in [0.1, 0.15) is 32.4 Å². The number of sulfone groups is 1. The van der Waals surface area contributed by atoms with Crippen molar-refractivity contribution in [3.8, 4) is 0 Å². The summed E-state index contributed by atoms with van der Waals surface area (Å²) in [6, 6.07) is 13.8. The van der Waals surface area contributed by atoms with Crippen LogP contribution < -0.4 is 0 Å². The summed E-state index contributed by atoms with van der Waals surface area (Å²) < 4.78 is 28.4. The van der Waals surface area contributed by atoms with Crippen LogP contribution in [0.2, 0.25) is 0 Å². The highest BCUT2D eigenvalue weighted by Gasteiger charge is 2.35. The molecule has 4 nitrogen and oxygen atoms in total. The molecule has 0 fully saturated rings. The molecule has 22 heavy (non-hydrogen) atoms. The van der Waals surface area contributed by atoms with E-state index in [4.69, 9.17) is 4.74 Å². The van der Waals surface area contributed by atoms with Gasteiger partial charge in [-0.05, 0) is 23.8 Å². The standard InChI is InChI=1S/C16H13BrO4S/c1-22(19,20)11-8-6-10(7-9-11)14(17)15-12-4-2-3-5-13(12)16(18)21-15/h2-9,14-15H,1H3/t14-,15+/m0/s1. The Bertz CT molecular complexity index is 827. The van der Waals surface area contributed by atoms with E-state index in [0.29, 0.717) is 5.56 Å². The lowest BCUT2D eigenvalue weighted by Crippen LogP contribution is -2.06. The Morgan fingerprint density at radius 3 is 2.36 bits per heavy atom. The second kappa shape index (κ2) is 5.52. The van der Waals surface area contributed by atoms with E-state index in [1.54, 1.807) is 36.4 Å². The van der Waals surface area contributed by atoms with E-state index in [0.717, 1.165) is 11.1 Å². The van der Waals surface area contributed by atoms with Crippen LogP contribution in [0.3, 0.4) is 0 Å². The molecule has 0 amide bonds. The van der Waals surface area contributed by atoms with Gasteiger partial charge in [0.2, 0.25) is 0 Å². The number of hydrogen-bond donors (Lipinski definition) is 0. The van der Waals surface area contributed by atoms with E-state index >= 15 is 0 Å². The Balaban J connectivity index is 1.92. The third-order valence-electron chi connectivity index (χ3n) is 3.61. The summed E-state index contributed by atoms with van der Waals surface area (Å²) in [6.45, 7) is 0. The molecule has 0 N–H and O–H groups in total. The van der Waals surface area contributed by atoms with Gasteiger partial charge in [-0.25, -0.2) is 13.2 Å². The minimum atomic E-state index is -3.22. The van der Waals surface area contributed by atoms with Gasteiger partial charge in [-0.15, -0.1) is 0 Å². The zero-order chi connectivity index (χ0) is 15.9. The average Bonchev–Trinajstić information content (AvgIpc) is 2.83. The van der Waals surface area contributed by atoms with Crippen LogP contribution in [0, 0.1) is 0 Å². The van der Waals surface area contributed by atoms with Crippen molar-refractivity contribution in [3.05, 3.63) is 65.2 Å². The molecule has 3 rings (SSSR count). The fourth-order valence-corrected chi connectivity index (χ4v) is 3.79. The van der Waals surface area contributed by atoms with Gasteiger partial charge in [0, 0.05) is 11.8 Å². The molecule has 0 spiro atoms. The fourth-order valence-electron chi connectivity index (χ4n) is 2.46. The largest absolute Gasteiger partial charge is 0.452 e. The maximum absolute atomic E-state index is 11.9. The average molecular weight is 381 g/mol. The smallest absolute Gasteiger partial charge is 0.339 e. The maximum atomic E-state index is 11.9. The van der Waals surface area contributed by atoms with E-state index in [9.17, 15) is 13.2 Å². The fraction of sp³-hybridized carbons (Fsp3) is 0.188. The SMILES string of the molecule is CS(=O)(=O)c1ccc([C@H](Br)[C@@H]2OC(=O)c3ccccc32)cc1. The first-order valence-electron chi connectivity index (χ1n) is 6.62. The summed E-state index contributed by atoms with van der Waals surface area (Å²) in [4.78, 5) is 11.9. The molecule has 2 aromatic rings. The number of carbonyl (C=O) groups excluding carboxylic acids is 1. The third-order valence-corrected chi connectivity index (χ3v) is 5.75. The first-order chi connectivity index (χ1) is 10.4. The number of alkyl halides is 1. The lowest BCUT2D eigenvalue weighted by Gasteiger charge is -2.18. The van der Waals surface area contributed by atoms with E-state index in [2.05, 4.69) is 15.9 Å². The number of cyclic esters (lactones) is 1. The van der Waals surface area contributed by atoms with Crippen molar-refractivity contribution in [2.24, 2.45) is 0 Å². The number of ether oxygens (including phenoxy) is 1. The van der Waals surface area contributed by atoms with Crippen molar-refractivity contribution >= 4 is 31.7 Å². The van der Waals surface area contributed by atoms with Crippen LogP contribution in [0.4, 0.5) is 0 Å². The lowest BCUT2D eigenvalue weighted by molar-refractivity contribution is 0.0384. The normalized spacial score (nSPS) is 18.6. The van der Waals surface area contributed by atoms with Crippen LogP contribution in [0.5, 0.6) is 0 Å². The van der Waals surface area contributed by atoms with Crippen LogP contribution in [0.25, 0.3) is 0 Å². The summed E-state index contributed by atoms with van der Waals surface area (Å²) in [6.07, 6.45) is 0.746. The number of fused-ring (bicyclic) bond motifs is 1. The van der Waals surface area contributed by atoms with Crippen molar-refractivity contribution in [1.29, 1.82) is 0 Å². The Morgan fingerprint density at radius 2 is 1.73 bits per heavy atom. The van der Waals surface area contributed by atoms with Gasteiger partial charge in [0.1, 0.15) is 6.10 Å². The highest BCUT2D eigenvalue weighted by molar-refractivity contribution is 9.09. The molecule has 0 radical (unpaired) electrons. The first kappa shape index (κ1) is 15.2. The Morgan fingerprint density at radius 1 is 1.09 bits per heavy atom. The second-order valence-corrected chi connectivity index (χ2v) is 8.16. The molecule has 0 saturated carbocycles. The van der Waals surface area contributed by atoms with Crippen LogP contribution >= 0.6 is 15.9 Å². The molecule has 114 valence electrons. The summed E-state index contributed by atoms with van der Waals surface area (Å²) in [5.41, 5.74) is 2.26. The molecule has 1 heterocycles. The number of carbonyl (C=O) groups is 1. The summed E-state index contributed by atoms with van der Waals surface area (Å²) in [7, 11) is -3.22. The number of esters is 1. The third kappa shape index (κ3) is 2.68. The van der Waals surface area contributed by atoms with Gasteiger partial charge in [-0.1, -0.05) is 46.3 Å². The van der Waals surface area contributed by atoms with Crippen molar-refractivity contribution in [3.63, 3.8) is 0 Å². The van der Waals surface area contributed by atoms with Gasteiger partial charge < -0.3 is 4.74 Å². The molecule has 2 aromatic carbocycles. The highest BCUT2D eigenvalue weighted by Crippen LogP contribution is 2.44. The quantitative estimate of drug-likeness (QED) is 0.604. The zero-order valence-electron chi connectivity index (χ0n) is 11.7. The molecule has 1 aliphatic rings. The molecule has 0 bridgehead atoms. The van der Waals surface area contributed by atoms with Gasteiger partial charge in [0.05, 0.1) is 15.3 Å². The predicted molar refractivity (Wildman–Crippen MR) is 85.8 cm³/mol. The Hall–Kier alpha value is -1.66. The van der Waals surface area contributed by atoms with Crippen molar-refractivity contribution < 1.29 is 17.9 Å². The first-order valence-corrected chi connectivity index (χ1v) is 9.42. The van der Waals surface area contributed by atoms with Gasteiger partial charge in [0.15, 0.2) is 9.84 Å². The second-order valence-electron chi connectivity index (χ2n) is 5.16. The van der Waals surface area contributed by atoms with Crippen LogP contribution in [-0.4, -0.2) is 20.6 Å². The minimum absolute atomic E-state index is 0.242. The predicted octanol–water partition coefficient (Wildman–Crippen LogP) is 3.44. The molecule has 1 aliphatic heterocycles. The Labute approximate surface area is 137 Å². The molecule has 6 heteroatoms. The van der Waals surface area contributed by atoms with Crippen molar-refractivity contribution in [2.45, 2.75) is 15.8 Å². The van der Waals surface area contributed by atoms with Crippen LogP contribution in [-0.2, 0) is 14.6 Å². The lowest BCUT2D eigenvalue weighted by atomic mass is 9.99. The van der Waals surface area contributed by atoms with Gasteiger partial charge in [0.25, 0.3) is 0 Å². The zero-order valence-corrected chi connectivity index (χ0v) is 14.1. The molecule has 0 saturated heterocycles. The van der Waals surface area contributed by atoms with Gasteiger partial charge >= 0.3 is 5.97 Å². The van der Waals surface area contributed by atoms with Crippen molar-refractivity contribution in [2.75, 3.05) is 6.26 Å². The molecular weight excluding hydrogens is 368 g/mol. The molecule has 2 atom stereocenters. The minimum Gasteiger partial charge on any atom is -0.452 e. The monoisotopic (exact) mass is 380 g/mol. The number of halogens is 1. The highest BCUT2D eigenvalue weighted by atomic mass is 79.9. The molecule has 0 unspecified atom stereocenters. The van der Waals surface area contributed by atoms with E-state index in [-0.39, 0.29) is 15.7 Å². The number of hydrogen-bond acceptors (Lipinski definition) is 4. The van der Waals surface area contributed by atoms with Gasteiger partial charge in [-0.3, -0.25) is 0 Å². The molecule has 0 aliphatic carbocycles. The van der Waals surface area contributed by atoms with E-state index < -0.39 is 15.9 Å². The topological polar surface area (TPSA) is 60.4 Å². The molecule has 0 aromatic heterocycles. The Kier molecular flexibility index (Phi) is 3.82. The van der Waals surface area contributed by atoms with Crippen molar-refractivity contribution in [1.82, 2.24) is 0 Å².